The maximum Gasteiger partial charge on any atom is 0.394 e. The van der Waals surface area contributed by atoms with Gasteiger partial charge in [-0.15, -0.1) is 11.6 Å². The second kappa shape index (κ2) is 6.23. The van der Waals surface area contributed by atoms with Gasteiger partial charge in [-0.2, -0.15) is 13.2 Å². The van der Waals surface area contributed by atoms with Gasteiger partial charge in [-0.1, -0.05) is 6.92 Å². The van der Waals surface area contributed by atoms with Crippen LogP contribution < -0.4 is 0 Å². The molecule has 1 aliphatic heterocycles. The van der Waals surface area contributed by atoms with Gasteiger partial charge in [0.15, 0.2) is 5.84 Å². The predicted molar refractivity (Wildman–Crippen MR) is 88.5 cm³/mol. The van der Waals surface area contributed by atoms with E-state index in [0.29, 0.717) is 17.1 Å². The average Bonchev–Trinajstić information content (AvgIpc) is 2.41. The van der Waals surface area contributed by atoms with Crippen LogP contribution >= 0.6 is 11.6 Å². The minimum atomic E-state index is -4.21. The molecule has 126 valence electrons. The Hall–Kier alpha value is -1.43. The van der Waals surface area contributed by atoms with E-state index < -0.39 is 11.6 Å². The molecule has 0 aromatic carbocycles. The molecule has 7 heteroatoms. The lowest BCUT2D eigenvalue weighted by molar-refractivity contribution is -0.252. The Morgan fingerprint density at radius 2 is 2.04 bits per heavy atom. The lowest BCUT2D eigenvalue weighted by atomic mass is 9.61. The topological polar surface area (TPSA) is 37.1 Å². The van der Waals surface area contributed by atoms with Gasteiger partial charge >= 0.3 is 6.18 Å². The Morgan fingerprint density at radius 3 is 2.52 bits per heavy atom. The molecule has 3 nitrogen and oxygen atoms in total. The van der Waals surface area contributed by atoms with Gasteiger partial charge in [0.25, 0.3) is 0 Å². The van der Waals surface area contributed by atoms with Crippen molar-refractivity contribution in [3.05, 3.63) is 22.9 Å². The van der Waals surface area contributed by atoms with E-state index in [9.17, 15) is 13.2 Å². The smallest absolute Gasteiger partial charge is 0.268 e. The number of rotatable bonds is 3. The molecular weight excluding hydrogens is 327 g/mol. The summed E-state index contributed by atoms with van der Waals surface area (Å²) in [6, 6.07) is 0.0257. The third-order valence-electron chi connectivity index (χ3n) is 4.57. The second-order valence-corrected chi connectivity index (χ2v) is 6.49. The molecule has 0 amide bonds. The minimum Gasteiger partial charge on any atom is -0.268 e. The summed E-state index contributed by atoms with van der Waals surface area (Å²) in [7, 11) is 0. The first-order valence-corrected chi connectivity index (χ1v) is 7.79. The zero-order valence-corrected chi connectivity index (χ0v) is 14.1. The van der Waals surface area contributed by atoms with Crippen molar-refractivity contribution in [2.45, 2.75) is 39.8 Å². The minimum absolute atomic E-state index is 0.00189. The number of nitrogens with zero attached hydrogens (tertiary/aromatic N) is 3. The molecular formula is C16H19ClF3N3. The summed E-state index contributed by atoms with van der Waals surface area (Å²) in [5.74, 6) is 0.110. The fourth-order valence-electron chi connectivity index (χ4n) is 2.95. The van der Waals surface area contributed by atoms with Crippen molar-refractivity contribution in [1.29, 1.82) is 0 Å². The summed E-state index contributed by atoms with van der Waals surface area (Å²) in [4.78, 5) is 12.5. The number of halogens is 4. The monoisotopic (exact) mass is 345 g/mol. The number of alkyl halides is 4. The molecule has 0 atom stereocenters. The quantitative estimate of drug-likeness (QED) is 0.395. The lowest BCUT2D eigenvalue weighted by Crippen LogP contribution is -2.47. The van der Waals surface area contributed by atoms with Crippen molar-refractivity contribution in [2.75, 3.05) is 6.00 Å². The summed E-state index contributed by atoms with van der Waals surface area (Å²) < 4.78 is 39.1. The Kier molecular flexibility index (Phi) is 4.85. The first-order valence-electron chi connectivity index (χ1n) is 7.25. The maximum atomic E-state index is 13.0. The van der Waals surface area contributed by atoms with Gasteiger partial charge in [0.2, 0.25) is 0 Å². The Labute approximate surface area is 138 Å². The summed E-state index contributed by atoms with van der Waals surface area (Å²) >= 11 is 5.67. The highest BCUT2D eigenvalue weighted by Crippen LogP contribution is 2.58. The zero-order chi connectivity index (χ0) is 17.4. The van der Waals surface area contributed by atoms with Gasteiger partial charge in [0.1, 0.15) is 6.00 Å². The van der Waals surface area contributed by atoms with Crippen LogP contribution in [0, 0.1) is 11.3 Å². The van der Waals surface area contributed by atoms with E-state index in [1.807, 2.05) is 19.9 Å². The van der Waals surface area contributed by atoms with Crippen molar-refractivity contribution in [3.8, 4) is 0 Å². The van der Waals surface area contributed by atoms with Gasteiger partial charge in [0, 0.05) is 17.2 Å². The van der Waals surface area contributed by atoms with Crippen molar-refractivity contribution < 1.29 is 13.2 Å². The molecule has 0 unspecified atom stereocenters. The van der Waals surface area contributed by atoms with Gasteiger partial charge in [0.05, 0.1) is 11.1 Å². The van der Waals surface area contributed by atoms with Crippen molar-refractivity contribution in [2.24, 2.45) is 26.3 Å². The zero-order valence-electron chi connectivity index (χ0n) is 13.3. The average molecular weight is 346 g/mol. The number of amidine groups is 1. The van der Waals surface area contributed by atoms with Crippen molar-refractivity contribution in [3.63, 3.8) is 0 Å². The Balaban J connectivity index is 2.38. The molecule has 1 heterocycles. The van der Waals surface area contributed by atoms with E-state index in [1.165, 1.54) is 6.92 Å². The van der Waals surface area contributed by atoms with Crippen molar-refractivity contribution >= 4 is 29.9 Å². The third kappa shape index (κ3) is 3.27. The van der Waals surface area contributed by atoms with Crippen LogP contribution in [-0.2, 0) is 0 Å². The van der Waals surface area contributed by atoms with Gasteiger partial charge in [-0.05, 0) is 45.1 Å². The Morgan fingerprint density at radius 1 is 1.43 bits per heavy atom. The number of hydrogen-bond donors (Lipinski definition) is 0. The number of dihydropyridines is 1. The highest BCUT2D eigenvalue weighted by Gasteiger charge is 2.59. The summed E-state index contributed by atoms with van der Waals surface area (Å²) in [6.45, 7) is 8.51. The molecule has 0 spiro atoms. The molecule has 1 fully saturated rings. The van der Waals surface area contributed by atoms with Crippen LogP contribution in [0.25, 0.3) is 0 Å². The first-order chi connectivity index (χ1) is 10.6. The van der Waals surface area contributed by atoms with Crippen LogP contribution in [0.1, 0.15) is 33.6 Å². The fourth-order valence-corrected chi connectivity index (χ4v) is 3.06. The standard InChI is InChI=1S/C16H19ClF3N3/c1-9-5-12(14(22-8-17)23-10(9)2)13(21-4)11-6-15(3,7-11)16(18,19)20/h5,11H,4,6-8H2,1-3H3/b13-12-,22-14+. The van der Waals surface area contributed by atoms with Gasteiger partial charge in [-0.25, -0.2) is 9.98 Å². The summed E-state index contributed by atoms with van der Waals surface area (Å²) in [6.07, 6.45) is -2.36. The molecule has 2 rings (SSSR count). The largest absolute Gasteiger partial charge is 0.394 e. The molecule has 23 heavy (non-hydrogen) atoms. The van der Waals surface area contributed by atoms with Crippen LogP contribution in [0.5, 0.6) is 0 Å². The number of aliphatic imine (C=N–C) groups is 3. The van der Waals surface area contributed by atoms with E-state index >= 15 is 0 Å². The molecule has 0 radical (unpaired) electrons. The molecule has 1 saturated carbocycles. The third-order valence-corrected chi connectivity index (χ3v) is 4.69. The van der Waals surface area contributed by atoms with E-state index in [0.717, 1.165) is 11.3 Å². The van der Waals surface area contributed by atoms with Crippen molar-refractivity contribution in [1.82, 2.24) is 0 Å². The number of hydrogen-bond acceptors (Lipinski definition) is 2. The van der Waals surface area contributed by atoms with E-state index in [-0.39, 0.29) is 24.8 Å². The van der Waals surface area contributed by atoms with Gasteiger partial charge in [-0.3, -0.25) is 4.99 Å². The predicted octanol–water partition coefficient (Wildman–Crippen LogP) is 4.94. The fraction of sp³-hybridized carbons (Fsp3) is 0.562. The summed E-state index contributed by atoms with van der Waals surface area (Å²) in [5.41, 5.74) is 1.21. The van der Waals surface area contributed by atoms with Crippen LogP contribution in [0.2, 0.25) is 0 Å². The second-order valence-electron chi connectivity index (χ2n) is 6.25. The van der Waals surface area contributed by atoms with E-state index in [4.69, 9.17) is 11.6 Å². The van der Waals surface area contributed by atoms with E-state index in [2.05, 4.69) is 21.7 Å². The van der Waals surface area contributed by atoms with Crippen LogP contribution in [-0.4, -0.2) is 30.4 Å². The molecule has 1 aliphatic carbocycles. The highest BCUT2D eigenvalue weighted by molar-refractivity contribution is 6.20. The van der Waals surface area contributed by atoms with Crippen LogP contribution in [0.15, 0.2) is 37.9 Å². The highest BCUT2D eigenvalue weighted by atomic mass is 35.5. The first kappa shape index (κ1) is 17.9. The maximum absolute atomic E-state index is 13.0. The lowest BCUT2D eigenvalue weighted by Gasteiger charge is -2.46. The van der Waals surface area contributed by atoms with Crippen LogP contribution in [0.4, 0.5) is 13.2 Å². The normalized spacial score (nSPS) is 32.1. The Bertz CT molecular complexity index is 635. The van der Waals surface area contributed by atoms with Gasteiger partial charge < -0.3 is 0 Å². The molecule has 0 aromatic rings. The summed E-state index contributed by atoms with van der Waals surface area (Å²) in [5, 5.41) is 0. The molecule has 0 N–H and O–H groups in total. The molecule has 0 saturated heterocycles. The molecule has 0 aromatic heterocycles. The van der Waals surface area contributed by atoms with E-state index in [1.54, 1.807) is 0 Å². The molecule has 0 bridgehead atoms. The number of allylic oxidation sites excluding steroid dienone is 2. The van der Waals surface area contributed by atoms with Crippen LogP contribution in [0.3, 0.4) is 0 Å². The SMILES string of the molecule is C=N/C(=C1/C=C(C)C(C)=N/C1=N/CCl)C1CC(C)(C(F)(F)F)C1. The molecule has 2 aliphatic rings.